The van der Waals surface area contributed by atoms with Crippen molar-refractivity contribution < 1.29 is 15.3 Å². The van der Waals surface area contributed by atoms with E-state index in [1.54, 1.807) is 0 Å². The lowest BCUT2D eigenvalue weighted by Crippen LogP contribution is -2.11. The summed E-state index contributed by atoms with van der Waals surface area (Å²) < 4.78 is 0.329. The highest BCUT2D eigenvalue weighted by molar-refractivity contribution is 9.10. The number of aliphatic hydroxyl groups excluding tert-OH is 1. The number of phenolic OH excluding ortho intramolecular Hbond substituents is 2. The van der Waals surface area contributed by atoms with Crippen LogP contribution >= 0.6 is 15.9 Å². The van der Waals surface area contributed by atoms with Gasteiger partial charge >= 0.3 is 0 Å². The minimum atomic E-state index is -0.831. The van der Waals surface area contributed by atoms with Crippen molar-refractivity contribution in [1.29, 1.82) is 0 Å². The minimum absolute atomic E-state index is 0.0661. The largest absolute Gasteiger partial charge is 0.504 e. The van der Waals surface area contributed by atoms with E-state index in [1.165, 1.54) is 12.1 Å². The molecule has 0 bridgehead atoms. The van der Waals surface area contributed by atoms with Crippen LogP contribution in [0.25, 0.3) is 0 Å². The predicted molar refractivity (Wildman–Crippen MR) is 51.5 cm³/mol. The van der Waals surface area contributed by atoms with E-state index < -0.39 is 6.10 Å². The van der Waals surface area contributed by atoms with E-state index in [-0.39, 0.29) is 18.0 Å². The molecule has 1 aromatic rings. The van der Waals surface area contributed by atoms with E-state index >= 15 is 0 Å². The quantitative estimate of drug-likeness (QED) is 0.584. The zero-order valence-electron chi connectivity index (χ0n) is 6.74. The first kappa shape index (κ1) is 10.3. The Balaban J connectivity index is 3.13. The van der Waals surface area contributed by atoms with Gasteiger partial charge in [-0.1, -0.05) is 0 Å². The van der Waals surface area contributed by atoms with Gasteiger partial charge in [-0.05, 0) is 33.6 Å². The summed E-state index contributed by atoms with van der Waals surface area (Å²) in [4.78, 5) is 0. The first-order valence-corrected chi connectivity index (χ1v) is 4.45. The smallest absolute Gasteiger partial charge is 0.171 e. The maximum atomic E-state index is 9.33. The molecule has 13 heavy (non-hydrogen) atoms. The average Bonchev–Trinajstić information content (AvgIpc) is 2.12. The topological polar surface area (TPSA) is 86.7 Å². The van der Waals surface area contributed by atoms with Crippen molar-refractivity contribution in [2.45, 2.75) is 6.10 Å². The fraction of sp³-hybridized carbons (Fsp3) is 0.250. The molecule has 0 aromatic heterocycles. The zero-order valence-corrected chi connectivity index (χ0v) is 8.32. The van der Waals surface area contributed by atoms with Gasteiger partial charge < -0.3 is 21.1 Å². The Morgan fingerprint density at radius 3 is 2.46 bits per heavy atom. The number of hydrogen-bond acceptors (Lipinski definition) is 4. The molecule has 1 aromatic carbocycles. The highest BCUT2D eigenvalue weighted by Crippen LogP contribution is 2.35. The summed E-state index contributed by atoms with van der Waals surface area (Å²) in [5.74, 6) is -0.523. The molecule has 1 rings (SSSR count). The lowest BCUT2D eigenvalue weighted by molar-refractivity contribution is 0.186. The highest BCUT2D eigenvalue weighted by atomic mass is 79.9. The molecule has 0 spiro atoms. The van der Waals surface area contributed by atoms with Crippen LogP contribution in [0, 0.1) is 0 Å². The van der Waals surface area contributed by atoms with Gasteiger partial charge in [-0.15, -0.1) is 0 Å². The lowest BCUT2D eigenvalue weighted by atomic mass is 10.1. The molecule has 0 aliphatic carbocycles. The van der Waals surface area contributed by atoms with Crippen LogP contribution in [-0.2, 0) is 0 Å². The van der Waals surface area contributed by atoms with Crippen LogP contribution in [-0.4, -0.2) is 21.9 Å². The van der Waals surface area contributed by atoms with E-state index in [2.05, 4.69) is 15.9 Å². The molecule has 1 unspecified atom stereocenters. The van der Waals surface area contributed by atoms with E-state index in [9.17, 15) is 15.3 Å². The number of rotatable bonds is 2. The third kappa shape index (κ3) is 2.12. The summed E-state index contributed by atoms with van der Waals surface area (Å²) in [7, 11) is 0. The number of benzene rings is 1. The van der Waals surface area contributed by atoms with Crippen molar-refractivity contribution in [2.75, 3.05) is 6.54 Å². The first-order chi connectivity index (χ1) is 6.06. The Hall–Kier alpha value is -0.780. The number of halogens is 1. The van der Waals surface area contributed by atoms with Crippen LogP contribution in [0.1, 0.15) is 11.7 Å². The minimum Gasteiger partial charge on any atom is -0.504 e. The van der Waals surface area contributed by atoms with Crippen LogP contribution in [0.2, 0.25) is 0 Å². The van der Waals surface area contributed by atoms with Crippen LogP contribution in [0.5, 0.6) is 11.5 Å². The molecule has 0 saturated carbocycles. The molecule has 5 N–H and O–H groups in total. The molecule has 0 aliphatic heterocycles. The fourth-order valence-corrected chi connectivity index (χ4v) is 1.40. The van der Waals surface area contributed by atoms with Crippen molar-refractivity contribution in [3.05, 3.63) is 22.2 Å². The summed E-state index contributed by atoms with van der Waals surface area (Å²) in [5.41, 5.74) is 5.70. The van der Waals surface area contributed by atoms with Gasteiger partial charge in [-0.3, -0.25) is 0 Å². The third-order valence-corrected chi connectivity index (χ3v) is 2.28. The normalized spacial score (nSPS) is 12.8. The molecule has 0 aliphatic rings. The molecule has 0 saturated heterocycles. The maximum Gasteiger partial charge on any atom is 0.171 e. The maximum absolute atomic E-state index is 9.33. The fourth-order valence-electron chi connectivity index (χ4n) is 0.933. The van der Waals surface area contributed by atoms with Crippen LogP contribution in [0.3, 0.4) is 0 Å². The summed E-state index contributed by atoms with van der Waals surface area (Å²) in [6.45, 7) is 0.0661. The molecule has 1 atom stereocenters. The van der Waals surface area contributed by atoms with Gasteiger partial charge in [0.15, 0.2) is 11.5 Å². The van der Waals surface area contributed by atoms with Crippen LogP contribution in [0.15, 0.2) is 16.6 Å². The average molecular weight is 248 g/mol. The van der Waals surface area contributed by atoms with Gasteiger partial charge in [-0.25, -0.2) is 0 Å². The third-order valence-electron chi connectivity index (χ3n) is 1.67. The zero-order chi connectivity index (χ0) is 10.0. The molecule has 0 heterocycles. The van der Waals surface area contributed by atoms with E-state index in [0.717, 1.165) is 0 Å². The van der Waals surface area contributed by atoms with Crippen molar-refractivity contribution in [3.8, 4) is 11.5 Å². The summed E-state index contributed by atoms with van der Waals surface area (Å²) in [6, 6.07) is 2.78. The Bertz CT molecular complexity index is 293. The highest BCUT2D eigenvalue weighted by Gasteiger charge is 2.11. The molecular weight excluding hydrogens is 238 g/mol. The second-order valence-electron chi connectivity index (χ2n) is 2.62. The van der Waals surface area contributed by atoms with Crippen molar-refractivity contribution in [2.24, 2.45) is 5.73 Å². The second-order valence-corrected chi connectivity index (χ2v) is 3.48. The monoisotopic (exact) mass is 247 g/mol. The summed E-state index contributed by atoms with van der Waals surface area (Å²) in [6.07, 6.45) is -0.831. The Kier molecular flexibility index (Phi) is 3.13. The molecule has 0 amide bonds. The summed E-state index contributed by atoms with van der Waals surface area (Å²) in [5, 5.41) is 27.7. The first-order valence-electron chi connectivity index (χ1n) is 3.65. The number of aromatic hydroxyl groups is 2. The van der Waals surface area contributed by atoms with Crippen molar-refractivity contribution in [3.63, 3.8) is 0 Å². The number of phenols is 2. The molecule has 0 radical (unpaired) electrons. The van der Waals surface area contributed by atoms with E-state index in [4.69, 9.17) is 5.73 Å². The standard InChI is InChI=1S/C8H10BrNO3/c9-5-1-4(7(12)3-10)2-6(11)8(5)13/h1-2,7,11-13H,3,10H2. The van der Waals surface area contributed by atoms with Gasteiger partial charge in [0.25, 0.3) is 0 Å². The van der Waals surface area contributed by atoms with Gasteiger partial charge in [-0.2, -0.15) is 0 Å². The van der Waals surface area contributed by atoms with Gasteiger partial charge in [0, 0.05) is 6.54 Å². The van der Waals surface area contributed by atoms with Gasteiger partial charge in [0.2, 0.25) is 0 Å². The van der Waals surface area contributed by atoms with Crippen molar-refractivity contribution >= 4 is 15.9 Å². The Morgan fingerprint density at radius 2 is 2.00 bits per heavy atom. The van der Waals surface area contributed by atoms with E-state index in [1.807, 2.05) is 0 Å². The molecule has 4 nitrogen and oxygen atoms in total. The van der Waals surface area contributed by atoms with E-state index in [0.29, 0.717) is 10.0 Å². The van der Waals surface area contributed by atoms with Crippen molar-refractivity contribution in [1.82, 2.24) is 0 Å². The van der Waals surface area contributed by atoms with Gasteiger partial charge in [0.1, 0.15) is 0 Å². The Morgan fingerprint density at radius 1 is 1.38 bits per heavy atom. The lowest BCUT2D eigenvalue weighted by Gasteiger charge is -2.10. The molecular formula is C8H10BrNO3. The van der Waals surface area contributed by atoms with Gasteiger partial charge in [0.05, 0.1) is 10.6 Å². The second kappa shape index (κ2) is 3.95. The number of nitrogens with two attached hydrogens (primary N) is 1. The van der Waals surface area contributed by atoms with Crippen LogP contribution < -0.4 is 5.73 Å². The van der Waals surface area contributed by atoms with Crippen LogP contribution in [0.4, 0.5) is 0 Å². The SMILES string of the molecule is NCC(O)c1cc(O)c(O)c(Br)c1. The molecule has 5 heteroatoms. The molecule has 0 fully saturated rings. The number of aliphatic hydroxyl groups is 1. The number of hydrogen-bond donors (Lipinski definition) is 4. The predicted octanol–water partition coefficient (Wildman–Crippen LogP) is 0.852. The Labute approximate surface area is 83.8 Å². The molecule has 72 valence electrons. The summed E-state index contributed by atoms with van der Waals surface area (Å²) >= 11 is 3.03.